The van der Waals surface area contributed by atoms with Crippen LogP contribution in [0.3, 0.4) is 0 Å². The van der Waals surface area contributed by atoms with Gasteiger partial charge in [-0.25, -0.2) is 9.37 Å². The Balaban J connectivity index is 1.34. The molecule has 9 nitrogen and oxygen atoms in total. The van der Waals surface area contributed by atoms with Gasteiger partial charge in [0.1, 0.15) is 23.3 Å². The highest BCUT2D eigenvalue weighted by Crippen LogP contribution is 2.41. The van der Waals surface area contributed by atoms with Crippen molar-refractivity contribution in [3.63, 3.8) is 0 Å². The van der Waals surface area contributed by atoms with E-state index < -0.39 is 41.3 Å². The lowest BCUT2D eigenvalue weighted by Gasteiger charge is -2.49. The minimum Gasteiger partial charge on any atom is -0.370 e. The number of ether oxygens (including phenoxy) is 1. The van der Waals surface area contributed by atoms with Crippen LogP contribution in [0.5, 0.6) is 0 Å². The molecule has 0 unspecified atom stereocenters. The molecule has 4 aliphatic rings. The highest BCUT2D eigenvalue weighted by molar-refractivity contribution is 6.10. The van der Waals surface area contributed by atoms with Gasteiger partial charge in [0.2, 0.25) is 11.8 Å². The van der Waals surface area contributed by atoms with Crippen LogP contribution in [0.2, 0.25) is 0 Å². The Labute approximate surface area is 235 Å². The fraction of sp³-hybridized carbons (Fsp3) is 0.536. The van der Waals surface area contributed by atoms with Gasteiger partial charge in [0.05, 0.1) is 23.5 Å². The van der Waals surface area contributed by atoms with Gasteiger partial charge in [-0.1, -0.05) is 6.07 Å². The van der Waals surface area contributed by atoms with Gasteiger partial charge in [0.25, 0.3) is 0 Å². The van der Waals surface area contributed by atoms with Crippen LogP contribution >= 0.6 is 0 Å². The normalized spacial score (nSPS) is 24.7. The van der Waals surface area contributed by atoms with E-state index >= 15 is 4.39 Å². The van der Waals surface area contributed by atoms with Crippen LogP contribution in [0.1, 0.15) is 17.7 Å². The maximum absolute atomic E-state index is 15.4. The highest BCUT2D eigenvalue weighted by Gasteiger charge is 2.50. The first-order chi connectivity index (χ1) is 19.5. The molecule has 2 atom stereocenters. The standard InChI is InChI=1S/C28H32F4N6O3/c1-17-10-19(28(30,31)32)12-22(34-17)38-23(39)11-18-13-37(7-6-36-8-9-41-27(16-36)14-33-15-27)25-20(29)4-3-5-21(25)35(2)26(40)24(18)38/h3-5,10,12,18,24,33H,6-9,11,13-16H2,1-2H3/t18-,24+/m1/s1. The fourth-order valence-corrected chi connectivity index (χ4v) is 6.46. The van der Waals surface area contributed by atoms with Gasteiger partial charge in [0, 0.05) is 70.9 Å². The zero-order valence-corrected chi connectivity index (χ0v) is 22.9. The molecule has 220 valence electrons. The molecule has 1 aromatic heterocycles. The van der Waals surface area contributed by atoms with Crippen molar-refractivity contribution in [3.05, 3.63) is 47.4 Å². The lowest BCUT2D eigenvalue weighted by Crippen LogP contribution is -2.69. The third-order valence-corrected chi connectivity index (χ3v) is 8.53. The molecule has 41 heavy (non-hydrogen) atoms. The average Bonchev–Trinajstić information content (AvgIpc) is 3.23. The third kappa shape index (κ3) is 5.04. The van der Waals surface area contributed by atoms with Crippen LogP contribution in [0.4, 0.5) is 34.8 Å². The Bertz CT molecular complexity index is 1370. The van der Waals surface area contributed by atoms with E-state index in [1.54, 1.807) is 6.07 Å². The number of rotatable bonds is 4. The molecule has 3 saturated heterocycles. The van der Waals surface area contributed by atoms with Gasteiger partial charge < -0.3 is 19.9 Å². The highest BCUT2D eigenvalue weighted by atomic mass is 19.4. The first-order valence-corrected chi connectivity index (χ1v) is 13.7. The molecule has 5 heterocycles. The number of fused-ring (bicyclic) bond motifs is 2. The van der Waals surface area contributed by atoms with Crippen molar-refractivity contribution in [2.75, 3.05) is 74.2 Å². The maximum Gasteiger partial charge on any atom is 0.416 e. The second-order valence-corrected chi connectivity index (χ2v) is 11.4. The third-order valence-electron chi connectivity index (χ3n) is 8.53. The van der Waals surface area contributed by atoms with Gasteiger partial charge >= 0.3 is 6.18 Å². The number of hydrogen-bond acceptors (Lipinski definition) is 7. The number of hydrogen-bond donors (Lipinski definition) is 1. The topological polar surface area (TPSA) is 81.3 Å². The first kappa shape index (κ1) is 27.9. The van der Waals surface area contributed by atoms with Crippen LogP contribution in [-0.4, -0.2) is 92.8 Å². The molecule has 13 heteroatoms. The number of nitrogens with zero attached hydrogens (tertiary/aromatic N) is 5. The molecular weight excluding hydrogens is 544 g/mol. The number of amides is 2. The van der Waals surface area contributed by atoms with Gasteiger partial charge in [-0.3, -0.25) is 19.4 Å². The summed E-state index contributed by atoms with van der Waals surface area (Å²) in [4.78, 5) is 38.0. The van der Waals surface area contributed by atoms with E-state index in [4.69, 9.17) is 4.74 Å². The predicted molar refractivity (Wildman–Crippen MR) is 143 cm³/mol. The number of alkyl halides is 3. The van der Waals surface area contributed by atoms with Crippen molar-refractivity contribution in [1.29, 1.82) is 0 Å². The Morgan fingerprint density at radius 3 is 2.66 bits per heavy atom. The minimum atomic E-state index is -4.65. The molecule has 0 radical (unpaired) electrons. The molecule has 2 amide bonds. The number of aromatic nitrogens is 1. The minimum absolute atomic E-state index is 0.0756. The Kier molecular flexibility index (Phi) is 6.94. The van der Waals surface area contributed by atoms with E-state index in [9.17, 15) is 22.8 Å². The van der Waals surface area contributed by atoms with Crippen LogP contribution < -0.4 is 20.0 Å². The molecule has 1 aromatic carbocycles. The zero-order chi connectivity index (χ0) is 29.1. The van der Waals surface area contributed by atoms with Crippen molar-refractivity contribution in [3.8, 4) is 0 Å². The number of pyridine rings is 1. The summed E-state index contributed by atoms with van der Waals surface area (Å²) >= 11 is 0. The molecule has 1 N–H and O–H groups in total. The van der Waals surface area contributed by atoms with Gasteiger partial charge in [-0.15, -0.1) is 0 Å². The predicted octanol–water partition coefficient (Wildman–Crippen LogP) is 2.43. The van der Waals surface area contributed by atoms with E-state index in [2.05, 4.69) is 15.2 Å². The molecule has 6 rings (SSSR count). The summed E-state index contributed by atoms with van der Waals surface area (Å²) in [5.74, 6) is -2.29. The summed E-state index contributed by atoms with van der Waals surface area (Å²) in [7, 11) is 1.50. The number of aryl methyl sites for hydroxylation is 1. The van der Waals surface area contributed by atoms with E-state index in [-0.39, 0.29) is 35.8 Å². The number of carbonyl (C=O) groups is 2. The number of likely N-dealkylation sites (N-methyl/N-ethyl adjacent to an activating group) is 1. The quantitative estimate of drug-likeness (QED) is 0.561. The van der Waals surface area contributed by atoms with Crippen LogP contribution in [0.25, 0.3) is 0 Å². The average molecular weight is 577 g/mol. The number of benzene rings is 1. The van der Waals surface area contributed by atoms with Crippen molar-refractivity contribution in [1.82, 2.24) is 15.2 Å². The number of anilines is 3. The zero-order valence-electron chi connectivity index (χ0n) is 22.9. The Hall–Kier alpha value is -3.29. The smallest absolute Gasteiger partial charge is 0.370 e. The van der Waals surface area contributed by atoms with Crippen LogP contribution in [0.15, 0.2) is 30.3 Å². The van der Waals surface area contributed by atoms with Crippen molar-refractivity contribution in [2.45, 2.75) is 31.2 Å². The lowest BCUT2D eigenvalue weighted by atomic mass is 9.94. The van der Waals surface area contributed by atoms with Crippen LogP contribution in [0, 0.1) is 18.7 Å². The van der Waals surface area contributed by atoms with E-state index in [1.807, 2.05) is 4.90 Å². The molecule has 0 aliphatic carbocycles. The number of para-hydroxylation sites is 1. The summed E-state index contributed by atoms with van der Waals surface area (Å²) in [6, 6.07) is 5.13. The summed E-state index contributed by atoms with van der Waals surface area (Å²) in [5.41, 5.74) is -0.459. The molecule has 3 fully saturated rings. The van der Waals surface area contributed by atoms with Gasteiger partial charge in [-0.2, -0.15) is 13.2 Å². The van der Waals surface area contributed by atoms with E-state index in [0.717, 1.165) is 43.2 Å². The van der Waals surface area contributed by atoms with Crippen LogP contribution in [-0.2, 0) is 20.5 Å². The van der Waals surface area contributed by atoms with Crippen molar-refractivity contribution >= 4 is 29.0 Å². The molecule has 2 aromatic rings. The SMILES string of the molecule is Cc1cc(C(F)(F)F)cc(N2C(=O)C[C@@H]3CN(CCN4CCOC5(CNC5)C4)c4c(F)cccc4N(C)C(=O)[C@H]32)n1. The van der Waals surface area contributed by atoms with Crippen molar-refractivity contribution < 1.29 is 31.9 Å². The second kappa shape index (κ2) is 10.2. The summed E-state index contributed by atoms with van der Waals surface area (Å²) in [6.07, 6.45) is -4.72. The van der Waals surface area contributed by atoms with Crippen molar-refractivity contribution in [2.24, 2.45) is 5.92 Å². The summed E-state index contributed by atoms with van der Waals surface area (Å²) in [6.45, 7) is 6.27. The maximum atomic E-state index is 15.4. The molecule has 4 aliphatic heterocycles. The first-order valence-electron chi connectivity index (χ1n) is 13.7. The lowest BCUT2D eigenvalue weighted by molar-refractivity contribution is -0.137. The fourth-order valence-electron chi connectivity index (χ4n) is 6.46. The summed E-state index contributed by atoms with van der Waals surface area (Å²) < 4.78 is 62.3. The Morgan fingerprint density at radius 2 is 1.95 bits per heavy atom. The molecule has 0 saturated carbocycles. The monoisotopic (exact) mass is 576 g/mol. The number of carbonyl (C=O) groups excluding carboxylic acids is 2. The largest absolute Gasteiger partial charge is 0.416 e. The number of halogens is 4. The number of nitrogens with one attached hydrogen (secondary N) is 1. The molecular formula is C28H32F4N6O3. The van der Waals surface area contributed by atoms with Gasteiger partial charge in [-0.05, 0) is 31.2 Å². The van der Waals surface area contributed by atoms with Gasteiger partial charge in [0.15, 0.2) is 0 Å². The summed E-state index contributed by atoms with van der Waals surface area (Å²) in [5, 5.41) is 3.25. The van der Waals surface area contributed by atoms with E-state index in [0.29, 0.717) is 25.4 Å². The Morgan fingerprint density at radius 1 is 1.17 bits per heavy atom. The second-order valence-electron chi connectivity index (χ2n) is 11.4. The molecule has 1 spiro atoms. The molecule has 0 bridgehead atoms. The number of morpholine rings is 1. The van der Waals surface area contributed by atoms with E-state index in [1.165, 1.54) is 31.0 Å².